The maximum absolute atomic E-state index is 13.1. The Labute approximate surface area is 137 Å². The molecule has 2 aromatic heterocycles. The average molecular weight is 324 g/mol. The van der Waals surface area contributed by atoms with Crippen LogP contribution in [0.15, 0.2) is 53.6 Å². The molecule has 0 aliphatic carbocycles. The lowest BCUT2D eigenvalue weighted by atomic mass is 10.1. The lowest BCUT2D eigenvalue weighted by molar-refractivity contribution is 0.990. The van der Waals surface area contributed by atoms with Crippen LogP contribution < -0.4 is 5.56 Å². The molecule has 4 aromatic rings. The summed E-state index contributed by atoms with van der Waals surface area (Å²) in [5, 5.41) is 0.594. The Morgan fingerprint density at radius 1 is 1.04 bits per heavy atom. The van der Waals surface area contributed by atoms with E-state index in [9.17, 15) is 4.79 Å². The number of hydrogen-bond acceptors (Lipinski definition) is 2. The maximum Gasteiger partial charge on any atom is 0.299 e. The van der Waals surface area contributed by atoms with Crippen molar-refractivity contribution in [2.75, 3.05) is 0 Å². The van der Waals surface area contributed by atoms with Crippen molar-refractivity contribution in [3.8, 4) is 5.69 Å². The molecular weight excluding hydrogens is 310 g/mol. The molecule has 0 aliphatic heterocycles. The van der Waals surface area contributed by atoms with Crippen LogP contribution in [0.25, 0.3) is 22.4 Å². The summed E-state index contributed by atoms with van der Waals surface area (Å²) in [7, 11) is 0. The topological polar surface area (TPSA) is 39.3 Å². The second kappa shape index (κ2) is 4.96. The summed E-state index contributed by atoms with van der Waals surface area (Å²) in [6, 6.07) is 11.5. The van der Waals surface area contributed by atoms with E-state index in [2.05, 4.69) is 4.98 Å². The third kappa shape index (κ3) is 1.99. The van der Waals surface area contributed by atoms with E-state index in [1.54, 1.807) is 21.4 Å². The molecule has 2 aromatic carbocycles. The van der Waals surface area contributed by atoms with E-state index < -0.39 is 0 Å². The fourth-order valence-electron chi connectivity index (χ4n) is 3.13. The van der Waals surface area contributed by atoms with E-state index >= 15 is 0 Å². The Hall–Kier alpha value is -2.59. The van der Waals surface area contributed by atoms with E-state index in [0.29, 0.717) is 10.7 Å². The van der Waals surface area contributed by atoms with Crippen molar-refractivity contribution < 1.29 is 0 Å². The first-order valence-corrected chi connectivity index (χ1v) is 7.69. The molecule has 23 heavy (non-hydrogen) atoms. The smallest absolute Gasteiger partial charge is 0.294 e. The van der Waals surface area contributed by atoms with Crippen LogP contribution in [0, 0.1) is 13.8 Å². The second-order valence-corrected chi connectivity index (χ2v) is 6.07. The normalized spacial score (nSPS) is 11.4. The van der Waals surface area contributed by atoms with Gasteiger partial charge in [0.25, 0.3) is 5.56 Å². The molecule has 0 N–H and O–H groups in total. The van der Waals surface area contributed by atoms with Gasteiger partial charge < -0.3 is 0 Å². The lowest BCUT2D eigenvalue weighted by Crippen LogP contribution is -2.23. The van der Waals surface area contributed by atoms with Crippen LogP contribution in [0.3, 0.4) is 0 Å². The number of hydrogen-bond donors (Lipinski definition) is 0. The molecule has 0 saturated carbocycles. The third-order valence-corrected chi connectivity index (χ3v) is 4.37. The highest BCUT2D eigenvalue weighted by Crippen LogP contribution is 2.25. The standard InChI is InChI=1S/C18H14ClN3O/c1-11-4-3-5-12(2)16(11)22-15-10-13(19)6-7-14(15)21-9-8-20-17(21)18(22)23/h3-10H,1-2H3. The molecule has 0 unspecified atom stereocenters. The molecule has 0 bridgehead atoms. The van der Waals surface area contributed by atoms with Crippen molar-refractivity contribution in [1.82, 2.24) is 14.0 Å². The molecule has 0 aliphatic rings. The molecule has 0 amide bonds. The summed E-state index contributed by atoms with van der Waals surface area (Å²) < 4.78 is 3.52. The first kappa shape index (κ1) is 14.0. The number of imidazole rings is 1. The Balaban J connectivity index is 2.31. The molecular formula is C18H14ClN3O. The van der Waals surface area contributed by atoms with Gasteiger partial charge in [0.15, 0.2) is 0 Å². The Kier molecular flexibility index (Phi) is 3.03. The first-order valence-electron chi connectivity index (χ1n) is 7.32. The van der Waals surface area contributed by atoms with Crippen molar-refractivity contribution in [3.63, 3.8) is 0 Å². The largest absolute Gasteiger partial charge is 0.299 e. The molecule has 0 saturated heterocycles. The highest BCUT2D eigenvalue weighted by molar-refractivity contribution is 6.31. The number of para-hydroxylation sites is 1. The van der Waals surface area contributed by atoms with E-state index in [4.69, 9.17) is 11.6 Å². The van der Waals surface area contributed by atoms with Gasteiger partial charge in [-0.25, -0.2) is 4.98 Å². The van der Waals surface area contributed by atoms with Crippen molar-refractivity contribution in [2.24, 2.45) is 0 Å². The highest BCUT2D eigenvalue weighted by Gasteiger charge is 2.16. The van der Waals surface area contributed by atoms with Gasteiger partial charge in [-0.3, -0.25) is 13.8 Å². The Morgan fingerprint density at radius 2 is 1.78 bits per heavy atom. The molecule has 4 nitrogen and oxygen atoms in total. The fourth-order valence-corrected chi connectivity index (χ4v) is 3.29. The van der Waals surface area contributed by atoms with Gasteiger partial charge in [0.05, 0.1) is 16.7 Å². The zero-order valence-electron chi connectivity index (χ0n) is 12.7. The van der Waals surface area contributed by atoms with Crippen LogP contribution in [0.4, 0.5) is 0 Å². The molecule has 0 fully saturated rings. The quantitative estimate of drug-likeness (QED) is 0.533. The zero-order valence-corrected chi connectivity index (χ0v) is 13.5. The van der Waals surface area contributed by atoms with Crippen LogP contribution >= 0.6 is 11.6 Å². The highest BCUT2D eigenvalue weighted by atomic mass is 35.5. The van der Waals surface area contributed by atoms with Crippen molar-refractivity contribution in [1.29, 1.82) is 0 Å². The van der Waals surface area contributed by atoms with Gasteiger partial charge in [0.1, 0.15) is 0 Å². The van der Waals surface area contributed by atoms with Gasteiger partial charge in [0.2, 0.25) is 5.65 Å². The van der Waals surface area contributed by atoms with Crippen molar-refractivity contribution in [3.05, 3.63) is 75.3 Å². The maximum atomic E-state index is 13.1. The van der Waals surface area contributed by atoms with Crippen LogP contribution in [0.1, 0.15) is 11.1 Å². The summed E-state index contributed by atoms with van der Waals surface area (Å²) in [5.74, 6) is 0. The van der Waals surface area contributed by atoms with Gasteiger partial charge in [0, 0.05) is 17.4 Å². The predicted octanol–water partition coefficient (Wildman–Crippen LogP) is 3.91. The zero-order chi connectivity index (χ0) is 16.1. The minimum Gasteiger partial charge on any atom is -0.294 e. The Morgan fingerprint density at radius 3 is 2.52 bits per heavy atom. The van der Waals surface area contributed by atoms with E-state index in [-0.39, 0.29) is 5.56 Å². The molecule has 4 rings (SSSR count). The van der Waals surface area contributed by atoms with Crippen molar-refractivity contribution >= 4 is 28.3 Å². The summed E-state index contributed by atoms with van der Waals surface area (Å²) in [6.45, 7) is 4.00. The third-order valence-electron chi connectivity index (χ3n) is 4.14. The van der Waals surface area contributed by atoms with Gasteiger partial charge in [-0.15, -0.1) is 0 Å². The van der Waals surface area contributed by atoms with Crippen molar-refractivity contribution in [2.45, 2.75) is 13.8 Å². The van der Waals surface area contributed by atoms with Gasteiger partial charge in [-0.05, 0) is 43.2 Å². The average Bonchev–Trinajstić information content (AvgIpc) is 3.00. The minimum absolute atomic E-state index is 0.151. The fraction of sp³-hybridized carbons (Fsp3) is 0.111. The molecule has 0 spiro atoms. The number of benzene rings is 2. The van der Waals surface area contributed by atoms with Gasteiger partial charge in [-0.1, -0.05) is 29.8 Å². The number of aryl methyl sites for hydroxylation is 2. The SMILES string of the molecule is Cc1cccc(C)c1-n1c(=O)c2nccn2c2ccc(Cl)cc21. The predicted molar refractivity (Wildman–Crippen MR) is 92.8 cm³/mol. The number of rotatable bonds is 1. The monoisotopic (exact) mass is 323 g/mol. The summed E-state index contributed by atoms with van der Waals surface area (Å²) in [5.41, 5.74) is 4.86. The molecule has 0 atom stereocenters. The van der Waals surface area contributed by atoms with Crippen LogP contribution in [-0.4, -0.2) is 14.0 Å². The second-order valence-electron chi connectivity index (χ2n) is 5.63. The lowest BCUT2D eigenvalue weighted by Gasteiger charge is -2.16. The molecule has 5 heteroatoms. The Bertz CT molecular complexity index is 1100. The van der Waals surface area contributed by atoms with Crippen LogP contribution in [0.2, 0.25) is 5.02 Å². The number of fused-ring (bicyclic) bond motifs is 3. The van der Waals surface area contributed by atoms with Crippen LogP contribution in [-0.2, 0) is 0 Å². The minimum atomic E-state index is -0.151. The van der Waals surface area contributed by atoms with E-state index in [1.807, 2.05) is 50.2 Å². The summed E-state index contributed by atoms with van der Waals surface area (Å²) in [4.78, 5) is 17.3. The van der Waals surface area contributed by atoms with Crippen LogP contribution in [0.5, 0.6) is 0 Å². The number of halogens is 1. The number of nitrogens with zero attached hydrogens (tertiary/aromatic N) is 3. The molecule has 2 heterocycles. The first-order chi connectivity index (χ1) is 11.1. The molecule has 114 valence electrons. The molecule has 0 radical (unpaired) electrons. The van der Waals surface area contributed by atoms with E-state index in [1.165, 1.54) is 0 Å². The number of aromatic nitrogens is 3. The summed E-state index contributed by atoms with van der Waals surface area (Å²) >= 11 is 6.19. The van der Waals surface area contributed by atoms with E-state index in [0.717, 1.165) is 27.8 Å². The summed E-state index contributed by atoms with van der Waals surface area (Å²) in [6.07, 6.45) is 3.43. The van der Waals surface area contributed by atoms with Gasteiger partial charge in [-0.2, -0.15) is 0 Å². The van der Waals surface area contributed by atoms with Gasteiger partial charge >= 0.3 is 0 Å².